The number of carboxylic acid groups (broad SMARTS) is 2. The first kappa shape index (κ1) is 25.8. The number of nitrogens with two attached hydrogens (primary N) is 1. The first-order valence-electron chi connectivity index (χ1n) is 10.5. The standard InChI is InChI=1S/C21H19N7O7S2/c1-35-25-12(15-24-21(22)37-26-15)16(29)23-13-17(30)28-14(20(33)34)11(9-36-18(13)28)3-2-6-27-7-4-10(5-8-27)19(31)32/h2-5,7-8,13,18H,6,9H2,1H3,(H4-,22,23,24,26,29,31,32,33,34)/p+1/t13?,18-/m0/s1. The van der Waals surface area contributed by atoms with Crippen molar-refractivity contribution in [2.75, 3.05) is 18.6 Å². The Bertz CT molecular complexity index is 1350. The number of aliphatic carboxylic acids is 1. The fourth-order valence-electron chi connectivity index (χ4n) is 3.63. The van der Waals surface area contributed by atoms with Gasteiger partial charge in [0.05, 0.1) is 5.56 Å². The number of aromatic carboxylic acids is 1. The Morgan fingerprint density at radius 1 is 1.32 bits per heavy atom. The number of β-lactam (4-membered cyclic amide) rings is 1. The van der Waals surface area contributed by atoms with E-state index in [1.165, 1.54) is 31.0 Å². The lowest BCUT2D eigenvalue weighted by atomic mass is 10.0. The van der Waals surface area contributed by atoms with Crippen molar-refractivity contribution in [1.29, 1.82) is 0 Å². The summed E-state index contributed by atoms with van der Waals surface area (Å²) in [5.74, 6) is -3.44. The number of hydrogen-bond acceptors (Lipinski definition) is 11. The summed E-state index contributed by atoms with van der Waals surface area (Å²) >= 11 is 2.16. The molecule has 2 atom stereocenters. The first-order valence-corrected chi connectivity index (χ1v) is 12.3. The topological polar surface area (TPSA) is 201 Å². The van der Waals surface area contributed by atoms with Gasteiger partial charge < -0.3 is 26.1 Å². The molecule has 4 heterocycles. The van der Waals surface area contributed by atoms with Crippen LogP contribution in [0, 0.1) is 0 Å². The van der Waals surface area contributed by atoms with Crippen molar-refractivity contribution in [2.24, 2.45) is 5.16 Å². The zero-order chi connectivity index (χ0) is 26.7. The molecule has 2 aliphatic rings. The van der Waals surface area contributed by atoms with E-state index in [2.05, 4.69) is 19.8 Å². The Balaban J connectivity index is 1.47. The molecule has 14 nitrogen and oxygen atoms in total. The van der Waals surface area contributed by atoms with Crippen LogP contribution in [-0.4, -0.2) is 78.2 Å². The number of pyridine rings is 1. The lowest BCUT2D eigenvalue weighted by Gasteiger charge is -2.49. The molecule has 2 aromatic heterocycles. The van der Waals surface area contributed by atoms with Gasteiger partial charge in [-0.2, -0.15) is 9.36 Å². The van der Waals surface area contributed by atoms with Gasteiger partial charge in [-0.15, -0.1) is 11.8 Å². The normalized spacial score (nSPS) is 19.4. The largest absolute Gasteiger partial charge is 0.478 e. The zero-order valence-corrected chi connectivity index (χ0v) is 20.7. The first-order chi connectivity index (χ1) is 17.7. The maximum absolute atomic E-state index is 12.9. The van der Waals surface area contributed by atoms with E-state index in [1.54, 1.807) is 29.1 Å². The molecule has 2 aliphatic heterocycles. The van der Waals surface area contributed by atoms with Gasteiger partial charge >= 0.3 is 11.9 Å². The smallest absolute Gasteiger partial charge is 0.352 e. The lowest BCUT2D eigenvalue weighted by Crippen LogP contribution is -2.71. The number of nitrogens with zero attached hydrogens (tertiary/aromatic N) is 5. The van der Waals surface area contributed by atoms with E-state index in [9.17, 15) is 24.3 Å². The molecule has 1 saturated heterocycles. The average Bonchev–Trinajstić information content (AvgIpc) is 3.31. The number of amides is 2. The third-order valence-corrected chi connectivity index (χ3v) is 7.16. The molecular formula is C21H20N7O7S2+. The Hall–Kier alpha value is -4.31. The Morgan fingerprint density at radius 3 is 2.65 bits per heavy atom. The molecule has 37 heavy (non-hydrogen) atoms. The molecule has 0 aliphatic carbocycles. The highest BCUT2D eigenvalue weighted by molar-refractivity contribution is 8.00. The van der Waals surface area contributed by atoms with Crippen molar-refractivity contribution < 1.29 is 38.8 Å². The maximum atomic E-state index is 12.9. The van der Waals surface area contributed by atoms with E-state index in [1.807, 2.05) is 0 Å². The van der Waals surface area contributed by atoms with Crippen LogP contribution in [0.25, 0.3) is 0 Å². The van der Waals surface area contributed by atoms with E-state index in [4.69, 9.17) is 15.7 Å². The number of allylic oxidation sites excluding steroid dienone is 2. The van der Waals surface area contributed by atoms with Crippen LogP contribution in [0.4, 0.5) is 5.13 Å². The third-order valence-electron chi connectivity index (χ3n) is 5.31. The summed E-state index contributed by atoms with van der Waals surface area (Å²) < 4.78 is 5.64. The van der Waals surface area contributed by atoms with Crippen LogP contribution in [0.3, 0.4) is 0 Å². The van der Waals surface area contributed by atoms with Gasteiger partial charge in [-0.25, -0.2) is 14.2 Å². The van der Waals surface area contributed by atoms with E-state index >= 15 is 0 Å². The van der Waals surface area contributed by atoms with Crippen LogP contribution in [0.1, 0.15) is 16.2 Å². The number of oxime groups is 1. The number of anilines is 1. The highest BCUT2D eigenvalue weighted by atomic mass is 32.2. The van der Waals surface area contributed by atoms with Gasteiger partial charge in [0, 0.05) is 29.4 Å². The lowest BCUT2D eigenvalue weighted by molar-refractivity contribution is -0.687. The van der Waals surface area contributed by atoms with Crippen molar-refractivity contribution in [3.05, 3.63) is 59.3 Å². The van der Waals surface area contributed by atoms with E-state index < -0.39 is 35.2 Å². The number of carbonyl (C=O) groups is 4. The fourth-order valence-corrected chi connectivity index (χ4v) is 5.38. The van der Waals surface area contributed by atoms with Crippen LogP contribution in [0.5, 0.6) is 0 Å². The number of carboxylic acids is 2. The number of aromatic nitrogens is 3. The summed E-state index contributed by atoms with van der Waals surface area (Å²) in [6.45, 7) is 0.355. The van der Waals surface area contributed by atoms with Crippen LogP contribution < -0.4 is 15.6 Å². The maximum Gasteiger partial charge on any atom is 0.352 e. The highest BCUT2D eigenvalue weighted by Gasteiger charge is 2.54. The second kappa shape index (κ2) is 10.8. The Labute approximate surface area is 217 Å². The van der Waals surface area contributed by atoms with Gasteiger partial charge in [-0.1, -0.05) is 11.2 Å². The van der Waals surface area contributed by atoms with E-state index in [-0.39, 0.29) is 33.7 Å². The SMILES string of the molecule is CON=C(C(=O)NC1C(=O)N2C(C(=O)O)=C(C=CC[n+]3ccc(C(=O)O)cc3)CS[C@@H]12)c1nsc(N)n1. The zero-order valence-electron chi connectivity index (χ0n) is 19.1. The van der Waals surface area contributed by atoms with Crippen molar-refractivity contribution in [3.8, 4) is 0 Å². The predicted octanol–water partition coefficient (Wildman–Crippen LogP) is -0.548. The van der Waals surface area contributed by atoms with Crippen LogP contribution in [0.2, 0.25) is 0 Å². The molecule has 5 N–H and O–H groups in total. The molecule has 4 rings (SSSR count). The second-order valence-corrected chi connectivity index (χ2v) is 9.50. The van der Waals surface area contributed by atoms with E-state index in [0.717, 1.165) is 16.4 Å². The van der Waals surface area contributed by atoms with Gasteiger partial charge in [0.1, 0.15) is 24.2 Å². The van der Waals surface area contributed by atoms with Gasteiger partial charge in [0.25, 0.3) is 11.8 Å². The van der Waals surface area contributed by atoms with Gasteiger partial charge in [0.15, 0.2) is 24.1 Å². The molecule has 1 unspecified atom stereocenters. The number of carbonyl (C=O) groups excluding carboxylic acids is 2. The summed E-state index contributed by atoms with van der Waals surface area (Å²) in [5, 5.41) is 24.5. The molecular weight excluding hydrogens is 526 g/mol. The molecule has 0 saturated carbocycles. The number of rotatable bonds is 9. The molecule has 0 radical (unpaired) electrons. The van der Waals surface area contributed by atoms with Crippen molar-refractivity contribution in [1.82, 2.24) is 19.6 Å². The molecule has 2 aromatic rings. The minimum absolute atomic E-state index is 0.0595. The average molecular weight is 547 g/mol. The summed E-state index contributed by atoms with van der Waals surface area (Å²) in [6, 6.07) is 1.92. The molecule has 0 spiro atoms. The minimum atomic E-state index is -1.27. The van der Waals surface area contributed by atoms with Crippen molar-refractivity contribution >= 4 is 57.9 Å². The quantitative estimate of drug-likeness (QED) is 0.136. The van der Waals surface area contributed by atoms with Crippen LogP contribution in [-0.2, 0) is 25.8 Å². The highest BCUT2D eigenvalue weighted by Crippen LogP contribution is 2.40. The van der Waals surface area contributed by atoms with Crippen molar-refractivity contribution in [3.63, 3.8) is 0 Å². The monoisotopic (exact) mass is 546 g/mol. The Kier molecular flexibility index (Phi) is 7.49. The number of hydrogen-bond donors (Lipinski definition) is 4. The third kappa shape index (κ3) is 5.29. The summed E-state index contributed by atoms with van der Waals surface area (Å²) in [6.07, 6.45) is 6.51. The summed E-state index contributed by atoms with van der Waals surface area (Å²) in [4.78, 5) is 58.4. The van der Waals surface area contributed by atoms with Crippen LogP contribution >= 0.6 is 23.3 Å². The molecule has 0 aromatic carbocycles. The fraction of sp³-hybridized carbons (Fsp3) is 0.238. The molecule has 192 valence electrons. The van der Waals surface area contributed by atoms with Gasteiger partial charge in [-0.05, 0) is 11.6 Å². The van der Waals surface area contributed by atoms with E-state index in [0.29, 0.717) is 12.1 Å². The number of thioether (sulfide) groups is 1. The van der Waals surface area contributed by atoms with Crippen molar-refractivity contribution in [2.45, 2.75) is 18.0 Å². The predicted molar refractivity (Wildman–Crippen MR) is 130 cm³/mol. The van der Waals surface area contributed by atoms with Gasteiger partial charge in [0.2, 0.25) is 11.5 Å². The summed E-state index contributed by atoms with van der Waals surface area (Å²) in [7, 11) is 1.23. The molecule has 16 heteroatoms. The minimum Gasteiger partial charge on any atom is -0.478 e. The molecule has 0 bridgehead atoms. The molecule has 2 amide bonds. The molecule has 1 fully saturated rings. The number of nitrogens with one attached hydrogen (secondary N) is 1. The number of fused-ring (bicyclic) bond motifs is 1. The summed E-state index contributed by atoms with van der Waals surface area (Å²) in [5.41, 5.74) is 5.71. The Morgan fingerprint density at radius 2 is 2.05 bits per heavy atom. The van der Waals surface area contributed by atoms with Crippen LogP contribution in [0.15, 0.2) is 53.1 Å². The van der Waals surface area contributed by atoms with Gasteiger partial charge in [-0.3, -0.25) is 14.5 Å². The second-order valence-electron chi connectivity index (χ2n) is 7.61. The number of nitrogen functional groups attached to an aromatic ring is 1.